The van der Waals surface area contributed by atoms with Crippen molar-refractivity contribution in [2.24, 2.45) is 0 Å². The average molecular weight is 434 g/mol. The number of ether oxygens (including phenoxy) is 1. The molecule has 30 heavy (non-hydrogen) atoms. The summed E-state index contributed by atoms with van der Waals surface area (Å²) < 4.78 is 6.75. The van der Waals surface area contributed by atoms with Gasteiger partial charge < -0.3 is 19.9 Å². The predicted octanol–water partition coefficient (Wildman–Crippen LogP) is 1.74. The SMILES string of the molecule is COCCN(C)CCN1CC(NC(=O)c2cnn(-c3cccc(Cl)c3)c2C)CC1=O. The van der Waals surface area contributed by atoms with Crippen LogP contribution in [0, 0.1) is 6.92 Å². The second kappa shape index (κ2) is 10.1. The predicted molar refractivity (Wildman–Crippen MR) is 115 cm³/mol. The van der Waals surface area contributed by atoms with Crippen LogP contribution in [-0.2, 0) is 9.53 Å². The Hall–Kier alpha value is -2.42. The Bertz CT molecular complexity index is 901. The highest BCUT2D eigenvalue weighted by Gasteiger charge is 2.31. The van der Waals surface area contributed by atoms with Crippen molar-refractivity contribution in [3.63, 3.8) is 0 Å². The second-order valence-corrected chi connectivity index (χ2v) is 7.98. The van der Waals surface area contributed by atoms with Gasteiger partial charge in [0.25, 0.3) is 5.91 Å². The summed E-state index contributed by atoms with van der Waals surface area (Å²) in [6.07, 6.45) is 1.86. The first-order valence-corrected chi connectivity index (χ1v) is 10.3. The van der Waals surface area contributed by atoms with Crippen molar-refractivity contribution in [3.05, 3.63) is 46.7 Å². The van der Waals surface area contributed by atoms with Crippen molar-refractivity contribution in [1.82, 2.24) is 24.9 Å². The van der Waals surface area contributed by atoms with Gasteiger partial charge in [0.05, 0.1) is 35.8 Å². The minimum Gasteiger partial charge on any atom is -0.383 e. The van der Waals surface area contributed by atoms with Gasteiger partial charge in [0, 0.05) is 44.7 Å². The first kappa shape index (κ1) is 22.3. The number of amides is 2. The van der Waals surface area contributed by atoms with Gasteiger partial charge in [-0.2, -0.15) is 5.10 Å². The van der Waals surface area contributed by atoms with Crippen LogP contribution < -0.4 is 5.32 Å². The fourth-order valence-corrected chi connectivity index (χ4v) is 3.68. The summed E-state index contributed by atoms with van der Waals surface area (Å²) in [7, 11) is 3.67. The van der Waals surface area contributed by atoms with Crippen LogP contribution in [0.3, 0.4) is 0 Å². The lowest BCUT2D eigenvalue weighted by Gasteiger charge is -2.22. The highest BCUT2D eigenvalue weighted by atomic mass is 35.5. The molecule has 0 aliphatic carbocycles. The number of carbonyl (C=O) groups excluding carboxylic acids is 2. The van der Waals surface area contributed by atoms with E-state index in [0.29, 0.717) is 36.7 Å². The van der Waals surface area contributed by atoms with Crippen LogP contribution in [0.25, 0.3) is 5.69 Å². The summed E-state index contributed by atoms with van der Waals surface area (Å²) in [6, 6.07) is 7.09. The molecular weight excluding hydrogens is 406 g/mol. The molecule has 0 bridgehead atoms. The maximum atomic E-state index is 12.8. The number of likely N-dealkylation sites (N-methyl/N-ethyl adjacent to an activating group) is 1. The number of aromatic nitrogens is 2. The number of carbonyl (C=O) groups is 2. The number of nitrogens with zero attached hydrogens (tertiary/aromatic N) is 4. The van der Waals surface area contributed by atoms with Gasteiger partial charge in [-0.1, -0.05) is 17.7 Å². The number of benzene rings is 1. The third kappa shape index (κ3) is 5.38. The van der Waals surface area contributed by atoms with Gasteiger partial charge >= 0.3 is 0 Å². The maximum absolute atomic E-state index is 12.8. The Morgan fingerprint density at radius 1 is 1.40 bits per heavy atom. The van der Waals surface area contributed by atoms with Crippen LogP contribution >= 0.6 is 11.6 Å². The molecule has 1 aromatic carbocycles. The van der Waals surface area contributed by atoms with Gasteiger partial charge in [-0.15, -0.1) is 0 Å². The number of likely N-dealkylation sites (tertiary alicyclic amines) is 1. The molecule has 1 fully saturated rings. The number of methoxy groups -OCH3 is 1. The normalized spacial score (nSPS) is 16.5. The fourth-order valence-electron chi connectivity index (χ4n) is 3.50. The molecule has 1 aromatic heterocycles. The lowest BCUT2D eigenvalue weighted by molar-refractivity contribution is -0.127. The van der Waals surface area contributed by atoms with E-state index < -0.39 is 0 Å². The Morgan fingerprint density at radius 2 is 2.20 bits per heavy atom. The summed E-state index contributed by atoms with van der Waals surface area (Å²) in [5.41, 5.74) is 2.00. The first-order valence-electron chi connectivity index (χ1n) is 9.95. The molecule has 0 spiro atoms. The summed E-state index contributed by atoms with van der Waals surface area (Å²) >= 11 is 6.06. The second-order valence-electron chi connectivity index (χ2n) is 7.55. The van der Waals surface area contributed by atoms with E-state index in [1.54, 1.807) is 35.0 Å². The van der Waals surface area contributed by atoms with Crippen molar-refractivity contribution in [3.8, 4) is 5.69 Å². The Kier molecular flexibility index (Phi) is 7.47. The van der Waals surface area contributed by atoms with Gasteiger partial charge in [-0.3, -0.25) is 9.59 Å². The summed E-state index contributed by atoms with van der Waals surface area (Å²) in [5.74, 6) is -0.163. The maximum Gasteiger partial charge on any atom is 0.255 e. The number of hydrogen-bond acceptors (Lipinski definition) is 5. The fraction of sp³-hybridized carbons (Fsp3) is 0.476. The van der Waals surface area contributed by atoms with Crippen molar-refractivity contribution in [2.75, 3.05) is 46.9 Å². The number of halogens is 1. The molecule has 2 heterocycles. The van der Waals surface area contributed by atoms with Crippen LogP contribution in [0.4, 0.5) is 0 Å². The van der Waals surface area contributed by atoms with Crippen LogP contribution in [0.1, 0.15) is 22.5 Å². The van der Waals surface area contributed by atoms with E-state index in [-0.39, 0.29) is 17.9 Å². The van der Waals surface area contributed by atoms with Gasteiger partial charge in [0.1, 0.15) is 0 Å². The van der Waals surface area contributed by atoms with Crippen LogP contribution in [0.15, 0.2) is 30.5 Å². The number of rotatable bonds is 9. The zero-order chi connectivity index (χ0) is 21.7. The van der Waals surface area contributed by atoms with E-state index in [4.69, 9.17) is 16.3 Å². The number of hydrogen-bond donors (Lipinski definition) is 1. The molecule has 2 aromatic rings. The zero-order valence-corrected chi connectivity index (χ0v) is 18.4. The lowest BCUT2D eigenvalue weighted by Crippen LogP contribution is -2.39. The van der Waals surface area contributed by atoms with Crippen molar-refractivity contribution < 1.29 is 14.3 Å². The van der Waals surface area contributed by atoms with E-state index in [9.17, 15) is 9.59 Å². The largest absolute Gasteiger partial charge is 0.383 e. The third-order valence-corrected chi connectivity index (χ3v) is 5.52. The molecular formula is C21H28ClN5O3. The highest BCUT2D eigenvalue weighted by molar-refractivity contribution is 6.30. The average Bonchev–Trinajstić information content (AvgIpc) is 3.26. The summed E-state index contributed by atoms with van der Waals surface area (Å²) in [5, 5.41) is 7.91. The molecule has 9 heteroatoms. The molecule has 162 valence electrons. The molecule has 0 radical (unpaired) electrons. The van der Waals surface area contributed by atoms with Gasteiger partial charge in [-0.05, 0) is 32.2 Å². The molecule has 1 unspecified atom stereocenters. The van der Waals surface area contributed by atoms with Crippen LogP contribution in [0.5, 0.6) is 0 Å². The van der Waals surface area contributed by atoms with E-state index >= 15 is 0 Å². The molecule has 2 amide bonds. The monoisotopic (exact) mass is 433 g/mol. The molecule has 1 saturated heterocycles. The first-order chi connectivity index (χ1) is 14.4. The van der Waals surface area contributed by atoms with Gasteiger partial charge in [0.15, 0.2) is 0 Å². The Balaban J connectivity index is 1.57. The van der Waals surface area contributed by atoms with Crippen LogP contribution in [-0.4, -0.2) is 84.4 Å². The molecule has 1 N–H and O–H groups in total. The summed E-state index contributed by atoms with van der Waals surface area (Å²) in [6.45, 7) is 5.23. The topological polar surface area (TPSA) is 79.7 Å². The molecule has 0 saturated carbocycles. The summed E-state index contributed by atoms with van der Waals surface area (Å²) in [4.78, 5) is 29.0. The highest BCUT2D eigenvalue weighted by Crippen LogP contribution is 2.19. The van der Waals surface area contributed by atoms with Gasteiger partial charge in [0.2, 0.25) is 5.91 Å². The van der Waals surface area contributed by atoms with Crippen molar-refractivity contribution in [2.45, 2.75) is 19.4 Å². The zero-order valence-electron chi connectivity index (χ0n) is 17.6. The quantitative estimate of drug-likeness (QED) is 0.651. The van der Waals surface area contributed by atoms with E-state index in [0.717, 1.165) is 24.5 Å². The minimum atomic E-state index is -0.224. The van der Waals surface area contributed by atoms with Crippen molar-refractivity contribution in [1.29, 1.82) is 0 Å². The minimum absolute atomic E-state index is 0.0618. The van der Waals surface area contributed by atoms with Gasteiger partial charge in [-0.25, -0.2) is 4.68 Å². The lowest BCUT2D eigenvalue weighted by atomic mass is 10.2. The molecule has 1 aliphatic heterocycles. The molecule has 3 rings (SSSR count). The van der Waals surface area contributed by atoms with E-state index in [1.807, 2.05) is 26.1 Å². The third-order valence-electron chi connectivity index (χ3n) is 5.29. The Morgan fingerprint density at radius 3 is 2.93 bits per heavy atom. The van der Waals surface area contributed by atoms with Crippen LogP contribution in [0.2, 0.25) is 5.02 Å². The van der Waals surface area contributed by atoms with Crippen molar-refractivity contribution >= 4 is 23.4 Å². The number of nitrogens with one attached hydrogen (secondary N) is 1. The van der Waals surface area contributed by atoms with E-state index in [1.165, 1.54) is 0 Å². The molecule has 1 atom stereocenters. The van der Waals surface area contributed by atoms with E-state index in [2.05, 4.69) is 15.3 Å². The smallest absolute Gasteiger partial charge is 0.255 e. The standard InChI is InChI=1S/C21H28ClN5O3/c1-15-19(13-23-27(15)18-6-4-5-16(22)11-18)21(29)24-17-12-20(28)26(14-17)8-7-25(2)9-10-30-3/h4-6,11,13,17H,7-10,12,14H2,1-3H3,(H,24,29). The Labute approximate surface area is 181 Å². The molecule has 1 aliphatic rings. The molecule has 8 nitrogen and oxygen atoms in total.